The van der Waals surface area contributed by atoms with Gasteiger partial charge >= 0.3 is 0 Å². The topological polar surface area (TPSA) is 101 Å². The van der Waals surface area contributed by atoms with Gasteiger partial charge in [0.05, 0.1) is 5.69 Å². The Balaban J connectivity index is 0.00000141. The molecule has 10 heteroatoms. The van der Waals surface area contributed by atoms with Crippen molar-refractivity contribution in [3.05, 3.63) is 81.6 Å². The molecule has 8 nitrogen and oxygen atoms in total. The van der Waals surface area contributed by atoms with Crippen molar-refractivity contribution in [2.45, 2.75) is 48.0 Å². The van der Waals surface area contributed by atoms with Crippen LogP contribution in [0.4, 0.5) is 14.7 Å². The zero-order valence-corrected chi connectivity index (χ0v) is 24.9. The van der Waals surface area contributed by atoms with E-state index < -0.39 is 22.9 Å². The number of pyridine rings is 1. The minimum Gasteiger partial charge on any atom is -0.353 e. The maximum absolute atomic E-state index is 14.8. The third-order valence-electron chi connectivity index (χ3n) is 5.86. The van der Waals surface area contributed by atoms with Gasteiger partial charge in [-0.05, 0) is 56.3 Å². The number of carbonyl (C=O) groups excluding carboxylic acids is 1. The van der Waals surface area contributed by atoms with Crippen LogP contribution >= 0.6 is 0 Å². The Bertz CT molecular complexity index is 1500. The molecule has 41 heavy (non-hydrogen) atoms. The highest BCUT2D eigenvalue weighted by Crippen LogP contribution is 2.31. The number of aromatic nitrogens is 3. The second kappa shape index (κ2) is 16.2. The second-order valence-corrected chi connectivity index (χ2v) is 8.53. The number of carbonyl (C=O) groups is 1. The van der Waals surface area contributed by atoms with Crippen LogP contribution in [0.1, 0.15) is 57.0 Å². The van der Waals surface area contributed by atoms with Gasteiger partial charge < -0.3 is 16.0 Å². The van der Waals surface area contributed by atoms with Gasteiger partial charge in [0.25, 0.3) is 11.5 Å². The Kier molecular flexibility index (Phi) is 13.0. The van der Waals surface area contributed by atoms with E-state index in [9.17, 15) is 18.4 Å². The minimum absolute atomic E-state index is 0.0358. The Labute approximate surface area is 240 Å². The number of anilines is 1. The zero-order valence-electron chi connectivity index (χ0n) is 24.9. The highest BCUT2D eigenvalue weighted by Gasteiger charge is 2.21. The summed E-state index contributed by atoms with van der Waals surface area (Å²) in [4.78, 5) is 34.8. The van der Waals surface area contributed by atoms with Crippen LogP contribution in [0.5, 0.6) is 0 Å². The number of hydrogen-bond acceptors (Lipinski definition) is 6. The van der Waals surface area contributed by atoms with E-state index in [1.807, 2.05) is 47.6 Å². The van der Waals surface area contributed by atoms with E-state index in [0.717, 1.165) is 28.7 Å². The van der Waals surface area contributed by atoms with Crippen molar-refractivity contribution in [2.75, 3.05) is 32.0 Å². The van der Waals surface area contributed by atoms with Gasteiger partial charge in [0.15, 0.2) is 5.65 Å². The first kappa shape index (κ1) is 33.0. The fourth-order valence-corrected chi connectivity index (χ4v) is 3.98. The normalized spacial score (nSPS) is 10.3. The van der Waals surface area contributed by atoms with E-state index in [4.69, 9.17) is 4.98 Å². The lowest BCUT2D eigenvalue weighted by Crippen LogP contribution is -2.24. The van der Waals surface area contributed by atoms with Crippen LogP contribution in [0.3, 0.4) is 0 Å². The highest BCUT2D eigenvalue weighted by molar-refractivity contribution is 5.98. The molecule has 0 aliphatic rings. The van der Waals surface area contributed by atoms with E-state index >= 15 is 0 Å². The Morgan fingerprint density at radius 2 is 1.61 bits per heavy atom. The number of amides is 1. The first-order valence-corrected chi connectivity index (χ1v) is 14.0. The number of hydrogen-bond donors (Lipinski definition) is 3. The van der Waals surface area contributed by atoms with Crippen molar-refractivity contribution in [1.29, 1.82) is 0 Å². The van der Waals surface area contributed by atoms with Gasteiger partial charge in [0, 0.05) is 42.2 Å². The summed E-state index contributed by atoms with van der Waals surface area (Å²) in [6.45, 7) is 13.4. The summed E-state index contributed by atoms with van der Waals surface area (Å²) in [6.07, 6.45) is 0.798. The third kappa shape index (κ3) is 7.73. The van der Waals surface area contributed by atoms with E-state index in [2.05, 4.69) is 20.9 Å². The molecule has 2 aromatic carbocycles. The quantitative estimate of drug-likeness (QED) is 0.220. The molecule has 0 unspecified atom stereocenters. The molecule has 2 aromatic heterocycles. The third-order valence-corrected chi connectivity index (χ3v) is 5.86. The lowest BCUT2D eigenvalue weighted by atomic mass is 9.99. The van der Waals surface area contributed by atoms with E-state index in [1.54, 1.807) is 19.2 Å². The summed E-state index contributed by atoms with van der Waals surface area (Å²) in [5.41, 5.74) is 1.19. The van der Waals surface area contributed by atoms with Crippen molar-refractivity contribution in [3.63, 3.8) is 0 Å². The van der Waals surface area contributed by atoms with Crippen molar-refractivity contribution < 1.29 is 13.6 Å². The lowest BCUT2D eigenvalue weighted by Gasteiger charge is -2.16. The fourth-order valence-electron chi connectivity index (χ4n) is 3.98. The monoisotopic (exact) mass is 566 g/mol. The Morgan fingerprint density at radius 3 is 2.24 bits per heavy atom. The molecule has 0 fully saturated rings. The summed E-state index contributed by atoms with van der Waals surface area (Å²) < 4.78 is 30.5. The smallest absolute Gasteiger partial charge is 0.256 e. The van der Waals surface area contributed by atoms with Crippen molar-refractivity contribution in [3.8, 4) is 16.9 Å². The summed E-state index contributed by atoms with van der Waals surface area (Å²) in [6, 6.07) is 11.4. The summed E-state index contributed by atoms with van der Waals surface area (Å²) >= 11 is 0. The van der Waals surface area contributed by atoms with E-state index in [-0.39, 0.29) is 17.5 Å². The molecule has 0 saturated carbocycles. The van der Waals surface area contributed by atoms with Crippen LogP contribution in [0, 0.1) is 18.6 Å². The standard InChI is InChI=1S/C27H28F2N6O2.2C2H6/c1-4-12-31-26(37)17-9-8-16(2)19(15-17)23-18-10-11-22(36)35(24-20(28)6-5-7-21(24)29)25(18)34-27(33-23)32-14-13-30-3;2*1-2/h5-11,15,30H,4,12-14H2,1-3H3,(H,31,37)(H,32,33,34);2*1-2H3. The number of nitrogens with one attached hydrogen (secondary N) is 3. The van der Waals surface area contributed by atoms with E-state index in [0.29, 0.717) is 41.8 Å². The number of nitrogens with zero attached hydrogens (tertiary/aromatic N) is 3. The van der Waals surface area contributed by atoms with Gasteiger partial charge in [-0.2, -0.15) is 4.98 Å². The fraction of sp³-hybridized carbons (Fsp3) is 0.355. The number of aryl methyl sites for hydroxylation is 1. The number of likely N-dealkylation sites (N-methyl/N-ethyl adjacent to an activating group) is 1. The summed E-state index contributed by atoms with van der Waals surface area (Å²) in [5.74, 6) is -1.84. The molecule has 2 heterocycles. The molecule has 0 atom stereocenters. The Hall–Kier alpha value is -4.18. The molecule has 1 amide bonds. The zero-order chi connectivity index (χ0) is 30.5. The highest BCUT2D eigenvalue weighted by atomic mass is 19.1. The van der Waals surface area contributed by atoms with Crippen LogP contribution in [0.25, 0.3) is 28.0 Å². The first-order chi connectivity index (χ1) is 19.8. The van der Waals surface area contributed by atoms with Gasteiger partial charge in [-0.3, -0.25) is 14.2 Å². The summed E-state index contributed by atoms with van der Waals surface area (Å²) in [7, 11) is 1.80. The van der Waals surface area contributed by atoms with Gasteiger partial charge in [0.2, 0.25) is 5.95 Å². The van der Waals surface area contributed by atoms with Crippen molar-refractivity contribution >= 4 is 22.9 Å². The average Bonchev–Trinajstić information content (AvgIpc) is 2.99. The van der Waals surface area contributed by atoms with Crippen LogP contribution in [0.2, 0.25) is 0 Å². The lowest BCUT2D eigenvalue weighted by molar-refractivity contribution is 0.0953. The van der Waals surface area contributed by atoms with Crippen LogP contribution in [-0.2, 0) is 0 Å². The number of halogens is 2. The van der Waals surface area contributed by atoms with Crippen molar-refractivity contribution in [2.24, 2.45) is 0 Å². The van der Waals surface area contributed by atoms with Gasteiger partial charge in [0.1, 0.15) is 17.3 Å². The average molecular weight is 567 g/mol. The van der Waals surface area contributed by atoms with Crippen molar-refractivity contribution in [1.82, 2.24) is 25.2 Å². The molecule has 0 spiro atoms. The first-order valence-electron chi connectivity index (χ1n) is 14.0. The predicted octanol–water partition coefficient (Wildman–Crippen LogP) is 5.86. The molecule has 0 radical (unpaired) electrons. The second-order valence-electron chi connectivity index (χ2n) is 8.53. The molecule has 3 N–H and O–H groups in total. The predicted molar refractivity (Wildman–Crippen MR) is 163 cm³/mol. The molecule has 0 bridgehead atoms. The minimum atomic E-state index is -0.898. The Morgan fingerprint density at radius 1 is 0.927 bits per heavy atom. The number of para-hydroxylation sites is 1. The number of rotatable bonds is 9. The molecule has 4 aromatic rings. The largest absolute Gasteiger partial charge is 0.353 e. The maximum Gasteiger partial charge on any atom is 0.256 e. The maximum atomic E-state index is 14.8. The molecular weight excluding hydrogens is 526 g/mol. The van der Waals surface area contributed by atoms with Gasteiger partial charge in [-0.1, -0.05) is 46.8 Å². The van der Waals surface area contributed by atoms with E-state index in [1.165, 1.54) is 18.2 Å². The van der Waals surface area contributed by atoms with Gasteiger partial charge in [-0.25, -0.2) is 13.8 Å². The van der Waals surface area contributed by atoms with Crippen LogP contribution < -0.4 is 21.5 Å². The number of benzene rings is 2. The molecule has 4 rings (SSSR count). The molecule has 0 aliphatic carbocycles. The molecular formula is C31H40F2N6O2. The molecule has 220 valence electrons. The summed E-state index contributed by atoms with van der Waals surface area (Å²) in [5, 5.41) is 9.36. The molecule has 0 aliphatic heterocycles. The molecule has 0 saturated heterocycles. The van der Waals surface area contributed by atoms with Gasteiger partial charge in [-0.15, -0.1) is 0 Å². The SMILES string of the molecule is CC.CC.CCCNC(=O)c1ccc(C)c(-c2nc(NCCNC)nc3c2ccc(=O)n3-c2c(F)cccc2F)c1. The van der Waals surface area contributed by atoms with Crippen LogP contribution in [-0.4, -0.2) is 47.1 Å². The number of fused-ring (bicyclic) bond motifs is 1. The van der Waals surface area contributed by atoms with Crippen LogP contribution in [0.15, 0.2) is 53.3 Å².